The van der Waals surface area contributed by atoms with Gasteiger partial charge in [-0.05, 0) is 25.0 Å². The predicted molar refractivity (Wildman–Crippen MR) is 79.6 cm³/mol. The van der Waals surface area contributed by atoms with Gasteiger partial charge < -0.3 is 9.64 Å². The molecule has 1 amide bonds. The zero-order valence-corrected chi connectivity index (χ0v) is 12.2. The maximum Gasteiger partial charge on any atom is 0.263 e. The summed E-state index contributed by atoms with van der Waals surface area (Å²) in [5.41, 5.74) is 2.02. The highest BCUT2D eigenvalue weighted by Crippen LogP contribution is 2.20. The average Bonchev–Trinajstić information content (AvgIpc) is 3.09. The highest BCUT2D eigenvalue weighted by Gasteiger charge is 2.31. The number of fused-ring (bicyclic) bond motifs is 2. The van der Waals surface area contributed by atoms with Gasteiger partial charge >= 0.3 is 0 Å². The fraction of sp³-hybridized carbons (Fsp3) is 0.438. The lowest BCUT2D eigenvalue weighted by Crippen LogP contribution is -2.44. The van der Waals surface area contributed by atoms with Crippen LogP contribution in [0.4, 0.5) is 0 Å². The van der Waals surface area contributed by atoms with Gasteiger partial charge in [0.15, 0.2) is 0 Å². The van der Waals surface area contributed by atoms with Gasteiger partial charge in [-0.2, -0.15) is 0 Å². The Labute approximate surface area is 127 Å². The summed E-state index contributed by atoms with van der Waals surface area (Å²) in [7, 11) is 0. The van der Waals surface area contributed by atoms with Gasteiger partial charge in [-0.1, -0.05) is 6.07 Å². The molecule has 2 aromatic rings. The number of carbonyl (C=O) groups is 1. The summed E-state index contributed by atoms with van der Waals surface area (Å²) in [5, 5.41) is 0. The molecule has 6 nitrogen and oxygen atoms in total. The summed E-state index contributed by atoms with van der Waals surface area (Å²) in [4.78, 5) is 31.4. The molecular weight excluding hydrogens is 282 g/mol. The lowest BCUT2D eigenvalue weighted by Gasteiger charge is -2.29. The van der Waals surface area contributed by atoms with E-state index < -0.39 is 0 Å². The van der Waals surface area contributed by atoms with Crippen LogP contribution in [0.25, 0.3) is 5.65 Å². The van der Waals surface area contributed by atoms with Crippen molar-refractivity contribution in [2.75, 3.05) is 13.2 Å². The molecule has 0 radical (unpaired) electrons. The molecule has 1 atom stereocenters. The maximum absolute atomic E-state index is 12.6. The molecule has 114 valence electrons. The minimum absolute atomic E-state index is 0.000656. The molecule has 0 spiro atoms. The van der Waals surface area contributed by atoms with Crippen LogP contribution in [0.5, 0.6) is 0 Å². The van der Waals surface area contributed by atoms with Crippen molar-refractivity contribution in [3.63, 3.8) is 0 Å². The largest absolute Gasteiger partial charge is 0.368 e. The standard InChI is InChI=1S/C16H17N3O3/c20-15-11-10-18(16(21)13-4-3-9-22-13)8-6-12(11)17-14-5-1-2-7-19(14)15/h1-2,5,7,13H,3-4,6,8-10H2. The topological polar surface area (TPSA) is 63.9 Å². The van der Waals surface area contributed by atoms with E-state index in [1.165, 1.54) is 0 Å². The molecule has 4 heterocycles. The molecule has 0 aliphatic carbocycles. The Morgan fingerprint density at radius 2 is 2.27 bits per heavy atom. The van der Waals surface area contributed by atoms with Crippen LogP contribution in [-0.2, 0) is 22.5 Å². The Kier molecular flexibility index (Phi) is 3.18. The van der Waals surface area contributed by atoms with Crippen LogP contribution in [0.2, 0.25) is 0 Å². The quantitative estimate of drug-likeness (QED) is 0.780. The Bertz CT molecular complexity index is 793. The first-order chi connectivity index (χ1) is 10.7. The molecule has 2 aliphatic rings. The van der Waals surface area contributed by atoms with Crippen molar-refractivity contribution in [1.29, 1.82) is 0 Å². The third kappa shape index (κ3) is 2.11. The third-order valence-electron chi connectivity index (χ3n) is 4.40. The molecule has 0 N–H and O–H groups in total. The second kappa shape index (κ2) is 5.21. The molecule has 0 saturated carbocycles. The van der Waals surface area contributed by atoms with E-state index in [-0.39, 0.29) is 17.6 Å². The lowest BCUT2D eigenvalue weighted by atomic mass is 10.1. The number of aromatic nitrogens is 2. The molecule has 4 rings (SSSR count). The van der Waals surface area contributed by atoms with Gasteiger partial charge in [-0.25, -0.2) is 4.98 Å². The number of ether oxygens (including phenoxy) is 1. The van der Waals surface area contributed by atoms with Gasteiger partial charge in [0.2, 0.25) is 0 Å². The monoisotopic (exact) mass is 299 g/mol. The summed E-state index contributed by atoms with van der Waals surface area (Å²) in [6, 6.07) is 5.50. The Balaban J connectivity index is 1.69. The molecular formula is C16H17N3O3. The Morgan fingerprint density at radius 1 is 1.36 bits per heavy atom. The molecule has 1 unspecified atom stereocenters. The molecule has 2 aromatic heterocycles. The Hall–Kier alpha value is -2.21. The SMILES string of the molecule is O=C(C1CCCO1)N1CCc2nc3ccccn3c(=O)c2C1. The van der Waals surface area contributed by atoms with Crippen LogP contribution in [0.3, 0.4) is 0 Å². The van der Waals surface area contributed by atoms with Crippen molar-refractivity contribution >= 4 is 11.6 Å². The maximum atomic E-state index is 12.6. The fourth-order valence-corrected chi connectivity index (χ4v) is 3.21. The van der Waals surface area contributed by atoms with Crippen molar-refractivity contribution in [3.8, 4) is 0 Å². The second-order valence-corrected chi connectivity index (χ2v) is 5.78. The first-order valence-corrected chi connectivity index (χ1v) is 7.63. The van der Waals surface area contributed by atoms with E-state index in [1.54, 1.807) is 21.6 Å². The van der Waals surface area contributed by atoms with Crippen molar-refractivity contribution < 1.29 is 9.53 Å². The second-order valence-electron chi connectivity index (χ2n) is 5.78. The van der Waals surface area contributed by atoms with E-state index in [2.05, 4.69) is 4.98 Å². The molecule has 6 heteroatoms. The molecule has 0 bridgehead atoms. The fourth-order valence-electron chi connectivity index (χ4n) is 3.21. The highest BCUT2D eigenvalue weighted by molar-refractivity contribution is 5.81. The van der Waals surface area contributed by atoms with Gasteiger partial charge in [0.05, 0.1) is 17.8 Å². The molecule has 1 saturated heterocycles. The van der Waals surface area contributed by atoms with Gasteiger partial charge in [0, 0.05) is 25.8 Å². The third-order valence-corrected chi connectivity index (χ3v) is 4.40. The minimum Gasteiger partial charge on any atom is -0.368 e. The highest BCUT2D eigenvalue weighted by atomic mass is 16.5. The zero-order valence-electron chi connectivity index (χ0n) is 12.2. The van der Waals surface area contributed by atoms with Crippen LogP contribution >= 0.6 is 0 Å². The van der Waals surface area contributed by atoms with E-state index in [9.17, 15) is 9.59 Å². The van der Waals surface area contributed by atoms with Gasteiger partial charge in [-0.15, -0.1) is 0 Å². The molecule has 0 aromatic carbocycles. The smallest absolute Gasteiger partial charge is 0.263 e. The number of amides is 1. The first-order valence-electron chi connectivity index (χ1n) is 7.63. The van der Waals surface area contributed by atoms with E-state index in [0.717, 1.165) is 18.5 Å². The average molecular weight is 299 g/mol. The summed E-state index contributed by atoms with van der Waals surface area (Å²) in [6.45, 7) is 1.58. The molecule has 1 fully saturated rings. The summed E-state index contributed by atoms with van der Waals surface area (Å²) >= 11 is 0. The summed E-state index contributed by atoms with van der Waals surface area (Å²) in [6.07, 6.45) is 3.70. The van der Waals surface area contributed by atoms with Crippen LogP contribution < -0.4 is 5.56 Å². The Morgan fingerprint density at radius 3 is 3.09 bits per heavy atom. The van der Waals surface area contributed by atoms with Gasteiger partial charge in [-0.3, -0.25) is 14.0 Å². The number of pyridine rings is 1. The van der Waals surface area contributed by atoms with E-state index in [0.29, 0.717) is 37.3 Å². The van der Waals surface area contributed by atoms with Crippen molar-refractivity contribution in [2.45, 2.75) is 31.9 Å². The number of hydrogen-bond acceptors (Lipinski definition) is 4. The number of nitrogens with zero attached hydrogens (tertiary/aromatic N) is 3. The number of carbonyl (C=O) groups excluding carboxylic acids is 1. The van der Waals surface area contributed by atoms with E-state index in [1.807, 2.05) is 12.1 Å². The predicted octanol–water partition coefficient (Wildman–Crippen LogP) is 0.758. The van der Waals surface area contributed by atoms with Crippen LogP contribution in [0.15, 0.2) is 29.2 Å². The summed E-state index contributed by atoms with van der Waals surface area (Å²) in [5.74, 6) is 0.000656. The van der Waals surface area contributed by atoms with E-state index >= 15 is 0 Å². The normalized spacial score (nSPS) is 21.1. The molecule has 2 aliphatic heterocycles. The van der Waals surface area contributed by atoms with Crippen molar-refractivity contribution in [3.05, 3.63) is 46.0 Å². The van der Waals surface area contributed by atoms with Crippen LogP contribution in [0, 0.1) is 0 Å². The van der Waals surface area contributed by atoms with Gasteiger partial charge in [0.1, 0.15) is 11.8 Å². The number of rotatable bonds is 1. The van der Waals surface area contributed by atoms with Crippen molar-refractivity contribution in [2.24, 2.45) is 0 Å². The summed E-state index contributed by atoms with van der Waals surface area (Å²) < 4.78 is 7.01. The van der Waals surface area contributed by atoms with Crippen LogP contribution in [-0.4, -0.2) is 39.4 Å². The first kappa shape index (κ1) is 13.5. The zero-order chi connectivity index (χ0) is 15.1. The van der Waals surface area contributed by atoms with Gasteiger partial charge in [0.25, 0.3) is 11.5 Å². The number of hydrogen-bond donors (Lipinski definition) is 0. The minimum atomic E-state index is -0.335. The lowest BCUT2D eigenvalue weighted by molar-refractivity contribution is -0.141. The van der Waals surface area contributed by atoms with Crippen LogP contribution in [0.1, 0.15) is 24.1 Å². The van der Waals surface area contributed by atoms with Crippen molar-refractivity contribution in [1.82, 2.24) is 14.3 Å². The van der Waals surface area contributed by atoms with E-state index in [4.69, 9.17) is 4.74 Å². The molecule has 22 heavy (non-hydrogen) atoms.